The van der Waals surface area contributed by atoms with E-state index in [1.807, 2.05) is 37.1 Å². The molecule has 0 atom stereocenters. The van der Waals surface area contributed by atoms with Gasteiger partial charge in [-0.3, -0.25) is 0 Å². The van der Waals surface area contributed by atoms with Crippen molar-refractivity contribution in [3.8, 4) is 0 Å². The Kier molecular flexibility index (Phi) is 1.81. The Labute approximate surface area is 83.6 Å². The van der Waals surface area contributed by atoms with E-state index in [1.165, 1.54) is 0 Å². The van der Waals surface area contributed by atoms with Crippen LogP contribution in [0, 0.1) is 0 Å². The fourth-order valence-corrected chi connectivity index (χ4v) is 1.55. The molecule has 1 heterocycles. The van der Waals surface area contributed by atoms with E-state index < -0.39 is 0 Å². The number of hydrogen-bond donors (Lipinski definition) is 1. The van der Waals surface area contributed by atoms with Gasteiger partial charge >= 0.3 is 0 Å². The first kappa shape index (κ1) is 8.81. The second-order valence-corrected chi connectivity index (χ2v) is 3.45. The molecule has 0 saturated carbocycles. The highest BCUT2D eigenvalue weighted by molar-refractivity contribution is 6.06. The Morgan fingerprint density at radius 2 is 2.14 bits per heavy atom. The largest absolute Gasteiger partial charge is 0.399 e. The predicted octanol–water partition coefficient (Wildman–Crippen LogP) is 2.32. The maximum Gasteiger partial charge on any atom is 0.0891 e. The molecule has 0 unspecified atom stereocenters. The molecule has 1 aromatic rings. The molecule has 0 saturated heterocycles. The summed E-state index contributed by atoms with van der Waals surface area (Å²) in [4.78, 5) is 6.46. The Hall–Kier alpha value is -1.77. The van der Waals surface area contributed by atoms with E-state index in [0.29, 0.717) is 0 Å². The summed E-state index contributed by atoms with van der Waals surface area (Å²) >= 11 is 0. The van der Waals surface area contributed by atoms with Crippen LogP contribution in [0.1, 0.15) is 6.92 Å². The molecule has 3 heteroatoms. The Balaban J connectivity index is 2.63. The first-order valence-corrected chi connectivity index (χ1v) is 4.47. The molecule has 0 spiro atoms. The van der Waals surface area contributed by atoms with Crippen molar-refractivity contribution in [3.05, 3.63) is 30.5 Å². The van der Waals surface area contributed by atoms with Gasteiger partial charge in [0.15, 0.2) is 0 Å². The second kappa shape index (κ2) is 2.87. The van der Waals surface area contributed by atoms with Crippen molar-refractivity contribution in [1.82, 2.24) is 0 Å². The van der Waals surface area contributed by atoms with E-state index in [4.69, 9.17) is 5.73 Å². The highest BCUT2D eigenvalue weighted by Crippen LogP contribution is 2.35. The quantitative estimate of drug-likeness (QED) is 0.633. The topological polar surface area (TPSA) is 41.6 Å². The van der Waals surface area contributed by atoms with Gasteiger partial charge in [0.1, 0.15) is 0 Å². The molecule has 3 nitrogen and oxygen atoms in total. The third kappa shape index (κ3) is 1.18. The van der Waals surface area contributed by atoms with Crippen molar-refractivity contribution >= 4 is 22.8 Å². The number of anilines is 2. The molecule has 0 bridgehead atoms. The minimum atomic E-state index is 0.737. The number of fused-ring (bicyclic) bond motifs is 1. The number of nitrogens with zero attached hydrogens (tertiary/aromatic N) is 2. The van der Waals surface area contributed by atoms with Crippen molar-refractivity contribution in [1.29, 1.82) is 0 Å². The molecule has 0 aromatic heterocycles. The van der Waals surface area contributed by atoms with Crippen LogP contribution < -0.4 is 10.6 Å². The zero-order valence-corrected chi connectivity index (χ0v) is 8.41. The van der Waals surface area contributed by atoms with Crippen molar-refractivity contribution in [2.75, 3.05) is 17.7 Å². The fraction of sp³-hybridized carbons (Fsp3) is 0.182. The molecule has 1 aromatic carbocycles. The summed E-state index contributed by atoms with van der Waals surface area (Å²) < 4.78 is 0. The zero-order chi connectivity index (χ0) is 10.3. The third-order valence-electron chi connectivity index (χ3n) is 2.47. The molecule has 0 radical (unpaired) electrons. The van der Waals surface area contributed by atoms with Crippen LogP contribution in [0.3, 0.4) is 0 Å². The van der Waals surface area contributed by atoms with Crippen molar-refractivity contribution < 1.29 is 0 Å². The summed E-state index contributed by atoms with van der Waals surface area (Å²) in [5, 5.41) is 0. The molecule has 2 N–H and O–H groups in total. The minimum absolute atomic E-state index is 0.737. The number of nitrogens with two attached hydrogens (primary N) is 1. The van der Waals surface area contributed by atoms with Crippen LogP contribution in [-0.2, 0) is 0 Å². The normalized spacial score (nSPS) is 15.1. The van der Waals surface area contributed by atoms with Crippen LogP contribution in [0.15, 0.2) is 35.5 Å². The number of benzene rings is 1. The lowest BCUT2D eigenvalue weighted by Gasteiger charge is -2.27. The molecule has 2 rings (SSSR count). The van der Waals surface area contributed by atoms with E-state index in [2.05, 4.69) is 11.6 Å². The Morgan fingerprint density at radius 3 is 2.86 bits per heavy atom. The molecule has 14 heavy (non-hydrogen) atoms. The molecule has 0 fully saturated rings. The second-order valence-electron chi connectivity index (χ2n) is 3.45. The molecular formula is C11H13N3. The lowest BCUT2D eigenvalue weighted by Crippen LogP contribution is -2.23. The monoisotopic (exact) mass is 187 g/mol. The Morgan fingerprint density at radius 1 is 1.43 bits per heavy atom. The summed E-state index contributed by atoms with van der Waals surface area (Å²) in [6.45, 7) is 5.91. The van der Waals surface area contributed by atoms with Gasteiger partial charge in [0.05, 0.1) is 22.8 Å². The fourth-order valence-electron chi connectivity index (χ4n) is 1.55. The summed E-state index contributed by atoms with van der Waals surface area (Å²) in [6.07, 6.45) is 0. The average molecular weight is 187 g/mol. The van der Waals surface area contributed by atoms with Crippen LogP contribution in [0.2, 0.25) is 0 Å². The van der Waals surface area contributed by atoms with Gasteiger partial charge in [0.25, 0.3) is 0 Å². The van der Waals surface area contributed by atoms with Crippen LogP contribution >= 0.6 is 0 Å². The highest BCUT2D eigenvalue weighted by atomic mass is 15.2. The van der Waals surface area contributed by atoms with Crippen molar-refractivity contribution in [2.24, 2.45) is 4.99 Å². The summed E-state index contributed by atoms with van der Waals surface area (Å²) in [6, 6.07) is 5.71. The number of rotatable bonds is 0. The summed E-state index contributed by atoms with van der Waals surface area (Å²) in [7, 11) is 1.98. The first-order chi connectivity index (χ1) is 6.59. The van der Waals surface area contributed by atoms with Gasteiger partial charge in [-0.1, -0.05) is 6.58 Å². The molecule has 0 amide bonds. The number of hydrogen-bond acceptors (Lipinski definition) is 3. The van der Waals surface area contributed by atoms with E-state index in [0.717, 1.165) is 28.5 Å². The molecule has 0 aliphatic carbocycles. The van der Waals surface area contributed by atoms with Gasteiger partial charge in [-0.25, -0.2) is 4.99 Å². The molecule has 1 aliphatic rings. The predicted molar refractivity (Wildman–Crippen MR) is 61.2 cm³/mol. The van der Waals surface area contributed by atoms with E-state index in [1.54, 1.807) is 0 Å². The Bertz CT molecular complexity index is 432. The maximum absolute atomic E-state index is 5.70. The lowest BCUT2D eigenvalue weighted by molar-refractivity contribution is 1.13. The molecular weight excluding hydrogens is 174 g/mol. The van der Waals surface area contributed by atoms with Crippen LogP contribution in [0.5, 0.6) is 0 Å². The number of nitrogen functional groups attached to an aromatic ring is 1. The van der Waals surface area contributed by atoms with Crippen molar-refractivity contribution in [3.63, 3.8) is 0 Å². The standard InChI is InChI=1S/C11H13N3/c1-7-8(2)14(3)11-5-4-9(12)6-10(11)13-7/h4-6H,2,12H2,1,3H3. The van der Waals surface area contributed by atoms with Gasteiger partial charge in [-0.2, -0.15) is 0 Å². The summed E-state index contributed by atoms with van der Waals surface area (Å²) in [5.41, 5.74) is 10.3. The minimum Gasteiger partial charge on any atom is -0.399 e. The van der Waals surface area contributed by atoms with Gasteiger partial charge < -0.3 is 10.6 Å². The van der Waals surface area contributed by atoms with Crippen LogP contribution in [0.4, 0.5) is 17.1 Å². The molecule has 1 aliphatic heterocycles. The average Bonchev–Trinajstić information content (AvgIpc) is 2.14. The third-order valence-corrected chi connectivity index (χ3v) is 2.47. The van der Waals surface area contributed by atoms with E-state index >= 15 is 0 Å². The zero-order valence-electron chi connectivity index (χ0n) is 8.41. The number of allylic oxidation sites excluding steroid dienone is 1. The van der Waals surface area contributed by atoms with Crippen molar-refractivity contribution in [2.45, 2.75) is 6.92 Å². The smallest absolute Gasteiger partial charge is 0.0891 e. The van der Waals surface area contributed by atoms with Crippen LogP contribution in [-0.4, -0.2) is 12.8 Å². The van der Waals surface area contributed by atoms with E-state index in [9.17, 15) is 0 Å². The molecule has 72 valence electrons. The number of aliphatic imine (C=N–C) groups is 1. The van der Waals surface area contributed by atoms with Gasteiger partial charge in [0, 0.05) is 12.7 Å². The van der Waals surface area contributed by atoms with Gasteiger partial charge in [-0.15, -0.1) is 0 Å². The highest BCUT2D eigenvalue weighted by Gasteiger charge is 2.17. The summed E-state index contributed by atoms with van der Waals surface area (Å²) in [5.74, 6) is 0. The lowest BCUT2D eigenvalue weighted by atomic mass is 10.1. The SMILES string of the molecule is C=C1C(C)=Nc2cc(N)ccc2N1C. The van der Waals surface area contributed by atoms with Gasteiger partial charge in [0.2, 0.25) is 0 Å². The van der Waals surface area contributed by atoms with Gasteiger partial charge in [-0.05, 0) is 25.1 Å². The maximum atomic E-state index is 5.70. The van der Waals surface area contributed by atoms with E-state index in [-0.39, 0.29) is 0 Å². The van der Waals surface area contributed by atoms with Crippen LogP contribution in [0.25, 0.3) is 0 Å². The first-order valence-electron chi connectivity index (χ1n) is 4.47.